The lowest BCUT2D eigenvalue weighted by molar-refractivity contribution is 0.278. The van der Waals surface area contributed by atoms with Gasteiger partial charge in [-0.1, -0.05) is 20.8 Å². The van der Waals surface area contributed by atoms with Crippen LogP contribution in [0.15, 0.2) is 17.1 Å². The van der Waals surface area contributed by atoms with Gasteiger partial charge < -0.3 is 10.1 Å². The van der Waals surface area contributed by atoms with E-state index in [0.29, 0.717) is 11.1 Å². The molecule has 0 saturated carbocycles. The molecule has 0 bridgehead atoms. The van der Waals surface area contributed by atoms with Crippen molar-refractivity contribution in [2.45, 2.75) is 32.8 Å². The van der Waals surface area contributed by atoms with E-state index < -0.39 is 0 Å². The van der Waals surface area contributed by atoms with Crippen LogP contribution < -0.4 is 5.56 Å². The van der Waals surface area contributed by atoms with Gasteiger partial charge in [-0.2, -0.15) is 0 Å². The molecule has 13 heavy (non-hydrogen) atoms. The Balaban J connectivity index is 3.41. The molecule has 3 nitrogen and oxygen atoms in total. The first-order valence-corrected chi connectivity index (χ1v) is 4.28. The maximum absolute atomic E-state index is 11.5. The van der Waals surface area contributed by atoms with Crippen LogP contribution in [0.3, 0.4) is 0 Å². The molecule has 0 unspecified atom stereocenters. The fraction of sp³-hybridized carbons (Fsp3) is 0.500. The van der Waals surface area contributed by atoms with Gasteiger partial charge in [0.15, 0.2) is 0 Å². The molecule has 0 atom stereocenters. The van der Waals surface area contributed by atoms with E-state index in [1.807, 2.05) is 20.8 Å². The van der Waals surface area contributed by atoms with Crippen molar-refractivity contribution >= 4 is 0 Å². The molecular formula is C10H15NO2. The molecule has 1 rings (SSSR count). The molecule has 0 spiro atoms. The maximum Gasteiger partial charge on any atom is 0.252 e. The molecule has 72 valence electrons. The molecule has 0 fully saturated rings. The van der Waals surface area contributed by atoms with Crippen LogP contribution in [-0.2, 0) is 12.0 Å². The van der Waals surface area contributed by atoms with Gasteiger partial charge in [-0.05, 0) is 17.0 Å². The number of aliphatic hydroxyl groups excluding tert-OH is 1. The summed E-state index contributed by atoms with van der Waals surface area (Å²) in [5.41, 5.74) is 1.03. The van der Waals surface area contributed by atoms with Crippen LogP contribution in [0.1, 0.15) is 31.9 Å². The molecule has 0 aliphatic carbocycles. The zero-order valence-corrected chi connectivity index (χ0v) is 8.22. The van der Waals surface area contributed by atoms with Gasteiger partial charge in [0.25, 0.3) is 5.56 Å². The van der Waals surface area contributed by atoms with E-state index in [0.717, 1.165) is 0 Å². The van der Waals surface area contributed by atoms with E-state index in [1.54, 1.807) is 12.3 Å². The SMILES string of the molecule is CC(C)(C)c1c(CO)cc[nH]c1=O. The molecule has 0 saturated heterocycles. The van der Waals surface area contributed by atoms with E-state index in [2.05, 4.69) is 4.98 Å². The standard InChI is InChI=1S/C10H15NO2/c1-10(2,3)8-7(6-12)4-5-11-9(8)13/h4-5,12H,6H2,1-3H3,(H,11,13). The second kappa shape index (κ2) is 3.34. The number of H-pyrrole nitrogens is 1. The Morgan fingerprint density at radius 1 is 1.46 bits per heavy atom. The number of aromatic nitrogens is 1. The third kappa shape index (κ3) is 1.98. The number of aliphatic hydroxyl groups is 1. The van der Waals surface area contributed by atoms with E-state index >= 15 is 0 Å². The third-order valence-electron chi connectivity index (χ3n) is 1.97. The van der Waals surface area contributed by atoms with Crippen LogP contribution in [0.5, 0.6) is 0 Å². The lowest BCUT2D eigenvalue weighted by Crippen LogP contribution is -2.26. The monoisotopic (exact) mass is 181 g/mol. The van der Waals surface area contributed by atoms with Gasteiger partial charge in [-0.3, -0.25) is 4.79 Å². The molecule has 0 amide bonds. The summed E-state index contributed by atoms with van der Waals surface area (Å²) in [7, 11) is 0. The second-order valence-electron chi connectivity index (χ2n) is 4.12. The van der Waals surface area contributed by atoms with Crippen molar-refractivity contribution in [3.8, 4) is 0 Å². The number of aromatic amines is 1. The Hall–Kier alpha value is -1.09. The second-order valence-corrected chi connectivity index (χ2v) is 4.12. The smallest absolute Gasteiger partial charge is 0.252 e. The first kappa shape index (κ1) is 9.99. The summed E-state index contributed by atoms with van der Waals surface area (Å²) in [6.45, 7) is 5.78. The van der Waals surface area contributed by atoms with Crippen molar-refractivity contribution in [1.82, 2.24) is 4.98 Å². The van der Waals surface area contributed by atoms with Crippen LogP contribution in [-0.4, -0.2) is 10.1 Å². The third-order valence-corrected chi connectivity index (χ3v) is 1.97. The topological polar surface area (TPSA) is 53.1 Å². The predicted octanol–water partition coefficient (Wildman–Crippen LogP) is 1.16. The Morgan fingerprint density at radius 3 is 2.46 bits per heavy atom. The highest BCUT2D eigenvalue weighted by Crippen LogP contribution is 2.21. The van der Waals surface area contributed by atoms with Gasteiger partial charge in [0.05, 0.1) is 6.61 Å². The first-order chi connectivity index (χ1) is 5.96. The summed E-state index contributed by atoms with van der Waals surface area (Å²) in [4.78, 5) is 14.1. The fourth-order valence-corrected chi connectivity index (χ4v) is 1.47. The van der Waals surface area contributed by atoms with Crippen LogP contribution in [0.4, 0.5) is 0 Å². The number of nitrogens with one attached hydrogen (secondary N) is 1. The van der Waals surface area contributed by atoms with Gasteiger partial charge in [0, 0.05) is 11.8 Å². The zero-order valence-electron chi connectivity index (χ0n) is 8.22. The Bertz CT molecular complexity index is 347. The van der Waals surface area contributed by atoms with Crippen LogP contribution in [0, 0.1) is 0 Å². The van der Waals surface area contributed by atoms with E-state index in [4.69, 9.17) is 5.11 Å². The highest BCUT2D eigenvalue weighted by atomic mass is 16.3. The van der Waals surface area contributed by atoms with Gasteiger partial charge in [0.1, 0.15) is 0 Å². The van der Waals surface area contributed by atoms with Gasteiger partial charge >= 0.3 is 0 Å². The van der Waals surface area contributed by atoms with Crippen molar-refractivity contribution in [3.05, 3.63) is 33.7 Å². The van der Waals surface area contributed by atoms with Crippen molar-refractivity contribution in [2.75, 3.05) is 0 Å². The van der Waals surface area contributed by atoms with E-state index in [9.17, 15) is 4.79 Å². The Morgan fingerprint density at radius 2 is 2.08 bits per heavy atom. The quantitative estimate of drug-likeness (QED) is 0.683. The van der Waals surface area contributed by atoms with Crippen molar-refractivity contribution in [3.63, 3.8) is 0 Å². The van der Waals surface area contributed by atoms with E-state index in [1.165, 1.54) is 0 Å². The number of hydrogen-bond acceptors (Lipinski definition) is 2. The summed E-state index contributed by atoms with van der Waals surface area (Å²) >= 11 is 0. The number of hydrogen-bond donors (Lipinski definition) is 2. The summed E-state index contributed by atoms with van der Waals surface area (Å²) < 4.78 is 0. The summed E-state index contributed by atoms with van der Waals surface area (Å²) in [6, 6.07) is 1.74. The van der Waals surface area contributed by atoms with Crippen molar-refractivity contribution in [1.29, 1.82) is 0 Å². The lowest BCUT2D eigenvalue weighted by Gasteiger charge is -2.20. The highest BCUT2D eigenvalue weighted by Gasteiger charge is 2.20. The highest BCUT2D eigenvalue weighted by molar-refractivity contribution is 5.28. The molecule has 1 aromatic heterocycles. The normalized spacial score (nSPS) is 11.7. The minimum absolute atomic E-state index is 0.0868. The van der Waals surface area contributed by atoms with Gasteiger partial charge in [0.2, 0.25) is 0 Å². The average Bonchev–Trinajstić information content (AvgIpc) is 2.01. The summed E-state index contributed by atoms with van der Waals surface area (Å²) in [5.74, 6) is 0. The molecule has 0 aromatic carbocycles. The molecule has 3 heteroatoms. The molecule has 0 aliphatic rings. The lowest BCUT2D eigenvalue weighted by atomic mass is 9.85. The molecule has 1 heterocycles. The summed E-state index contributed by atoms with van der Waals surface area (Å²) in [6.07, 6.45) is 1.56. The van der Waals surface area contributed by atoms with E-state index in [-0.39, 0.29) is 17.6 Å². The Kier molecular flexibility index (Phi) is 2.57. The van der Waals surface area contributed by atoms with Crippen LogP contribution >= 0.6 is 0 Å². The fourth-order valence-electron chi connectivity index (χ4n) is 1.47. The Labute approximate surface area is 77.4 Å². The van der Waals surface area contributed by atoms with Crippen LogP contribution in [0.2, 0.25) is 0 Å². The number of pyridine rings is 1. The molecule has 1 aromatic rings. The minimum atomic E-state index is -0.229. The molecule has 0 radical (unpaired) electrons. The molecule has 0 aliphatic heterocycles. The minimum Gasteiger partial charge on any atom is -0.392 e. The molecular weight excluding hydrogens is 166 g/mol. The van der Waals surface area contributed by atoms with Crippen LogP contribution in [0.25, 0.3) is 0 Å². The van der Waals surface area contributed by atoms with Gasteiger partial charge in [-0.25, -0.2) is 0 Å². The average molecular weight is 181 g/mol. The summed E-state index contributed by atoms with van der Waals surface area (Å²) in [5, 5.41) is 9.05. The molecule has 2 N–H and O–H groups in total. The number of rotatable bonds is 1. The predicted molar refractivity (Wildman–Crippen MR) is 51.7 cm³/mol. The largest absolute Gasteiger partial charge is 0.392 e. The van der Waals surface area contributed by atoms with Crippen molar-refractivity contribution in [2.24, 2.45) is 0 Å². The van der Waals surface area contributed by atoms with Gasteiger partial charge in [-0.15, -0.1) is 0 Å². The van der Waals surface area contributed by atoms with Crippen molar-refractivity contribution < 1.29 is 5.11 Å². The maximum atomic E-state index is 11.5. The first-order valence-electron chi connectivity index (χ1n) is 4.28. The zero-order chi connectivity index (χ0) is 10.1.